The molecule has 18 heavy (non-hydrogen) atoms. The van der Waals surface area contributed by atoms with Gasteiger partial charge in [-0.05, 0) is 40.5 Å². The first kappa shape index (κ1) is 14.8. The van der Waals surface area contributed by atoms with Crippen molar-refractivity contribution >= 4 is 12.1 Å². The highest BCUT2D eigenvalue weighted by Gasteiger charge is 2.42. The normalized spacial score (nSPS) is 23.9. The summed E-state index contributed by atoms with van der Waals surface area (Å²) in [7, 11) is 0. The number of ether oxygens (including phenoxy) is 2. The van der Waals surface area contributed by atoms with Gasteiger partial charge in [0.2, 0.25) is 0 Å². The molecular formula is C12H21NO5. The van der Waals surface area contributed by atoms with Gasteiger partial charge < -0.3 is 14.6 Å². The molecule has 0 aromatic heterocycles. The maximum absolute atomic E-state index is 11.9. The van der Waals surface area contributed by atoms with Gasteiger partial charge in [0, 0.05) is 0 Å². The Hall–Kier alpha value is -1.30. The fourth-order valence-corrected chi connectivity index (χ4v) is 1.83. The summed E-state index contributed by atoms with van der Waals surface area (Å²) >= 11 is 0. The minimum atomic E-state index is -0.991. The number of carbonyl (C=O) groups is 2. The molecule has 1 fully saturated rings. The summed E-state index contributed by atoms with van der Waals surface area (Å²) in [5, 5.41) is 9.76. The lowest BCUT2D eigenvalue weighted by molar-refractivity contribution is -0.150. The Balaban J connectivity index is 2.76. The van der Waals surface area contributed by atoms with Crippen LogP contribution in [0, 0.1) is 0 Å². The molecule has 1 aliphatic rings. The molecule has 0 aromatic rings. The van der Waals surface area contributed by atoms with Crippen molar-refractivity contribution in [3.63, 3.8) is 0 Å². The number of nitrogens with zero attached hydrogens (tertiary/aromatic N) is 1. The highest BCUT2D eigenvalue weighted by Crippen LogP contribution is 2.25. The number of hydrogen-bond acceptors (Lipinski definition) is 5. The number of amides is 1. The zero-order valence-corrected chi connectivity index (χ0v) is 11.3. The van der Waals surface area contributed by atoms with E-state index in [4.69, 9.17) is 9.47 Å². The lowest BCUT2D eigenvalue weighted by Gasteiger charge is -2.29. The largest absolute Gasteiger partial charge is 0.464 e. The molecule has 0 spiro atoms. The third-order valence-electron chi connectivity index (χ3n) is 2.52. The van der Waals surface area contributed by atoms with Gasteiger partial charge in [0.05, 0.1) is 6.61 Å². The van der Waals surface area contributed by atoms with E-state index in [1.165, 1.54) is 0 Å². The van der Waals surface area contributed by atoms with Crippen molar-refractivity contribution in [2.45, 2.75) is 58.4 Å². The van der Waals surface area contributed by atoms with Crippen LogP contribution in [0.1, 0.15) is 40.5 Å². The first-order valence-electron chi connectivity index (χ1n) is 6.12. The Bertz CT molecular complexity index is 323. The molecule has 1 rings (SSSR count). The average molecular weight is 259 g/mol. The molecule has 2 atom stereocenters. The molecule has 1 saturated heterocycles. The lowest BCUT2D eigenvalue weighted by Crippen LogP contribution is -2.47. The van der Waals surface area contributed by atoms with E-state index in [2.05, 4.69) is 0 Å². The highest BCUT2D eigenvalue weighted by molar-refractivity contribution is 5.82. The van der Waals surface area contributed by atoms with Crippen LogP contribution in [0.2, 0.25) is 0 Å². The maximum atomic E-state index is 11.9. The second-order valence-electron chi connectivity index (χ2n) is 5.21. The van der Waals surface area contributed by atoms with Crippen LogP contribution in [-0.4, -0.2) is 46.5 Å². The SMILES string of the molecule is CCOC(=O)C1CC[C@H](O)N1C(=O)OC(C)(C)C. The van der Waals surface area contributed by atoms with Crippen molar-refractivity contribution in [3.05, 3.63) is 0 Å². The topological polar surface area (TPSA) is 76.1 Å². The van der Waals surface area contributed by atoms with Gasteiger partial charge in [-0.2, -0.15) is 0 Å². The lowest BCUT2D eigenvalue weighted by atomic mass is 10.2. The number of hydrogen-bond donors (Lipinski definition) is 1. The van der Waals surface area contributed by atoms with Crippen molar-refractivity contribution < 1.29 is 24.2 Å². The fraction of sp³-hybridized carbons (Fsp3) is 0.833. The van der Waals surface area contributed by atoms with E-state index >= 15 is 0 Å². The summed E-state index contributed by atoms with van der Waals surface area (Å²) < 4.78 is 10.1. The molecule has 1 N–H and O–H groups in total. The molecule has 1 heterocycles. The summed E-state index contributed by atoms with van der Waals surface area (Å²) in [5.41, 5.74) is -0.668. The Morgan fingerprint density at radius 1 is 1.33 bits per heavy atom. The van der Waals surface area contributed by atoms with Gasteiger partial charge in [0.15, 0.2) is 0 Å². The van der Waals surface area contributed by atoms with Crippen molar-refractivity contribution in [2.24, 2.45) is 0 Å². The van der Waals surface area contributed by atoms with Crippen LogP contribution in [-0.2, 0) is 14.3 Å². The molecular weight excluding hydrogens is 238 g/mol. The van der Waals surface area contributed by atoms with Gasteiger partial charge in [0.1, 0.15) is 17.9 Å². The molecule has 0 radical (unpaired) electrons. The summed E-state index contributed by atoms with van der Waals surface area (Å²) in [5.74, 6) is -0.500. The fourth-order valence-electron chi connectivity index (χ4n) is 1.83. The van der Waals surface area contributed by atoms with Crippen LogP contribution in [0.4, 0.5) is 4.79 Å². The molecule has 0 bridgehead atoms. The Labute approximate surface area is 107 Å². The molecule has 1 amide bonds. The third-order valence-corrected chi connectivity index (χ3v) is 2.52. The molecule has 1 unspecified atom stereocenters. The molecule has 6 nitrogen and oxygen atoms in total. The molecule has 0 aliphatic carbocycles. The minimum absolute atomic E-state index is 0.244. The smallest absolute Gasteiger partial charge is 0.413 e. The second-order valence-corrected chi connectivity index (χ2v) is 5.21. The standard InChI is InChI=1S/C12H21NO5/c1-5-17-10(15)8-6-7-9(14)13(8)11(16)18-12(2,3)4/h8-9,14H,5-7H2,1-4H3/t8?,9-/m0/s1. The average Bonchev–Trinajstić information content (AvgIpc) is 2.58. The number of carbonyl (C=O) groups excluding carboxylic acids is 2. The Morgan fingerprint density at radius 2 is 1.94 bits per heavy atom. The van der Waals surface area contributed by atoms with Crippen LogP contribution in [0.5, 0.6) is 0 Å². The van der Waals surface area contributed by atoms with Crippen molar-refractivity contribution in [1.29, 1.82) is 0 Å². The van der Waals surface area contributed by atoms with Gasteiger partial charge in [0.25, 0.3) is 0 Å². The zero-order chi connectivity index (χ0) is 13.9. The van der Waals surface area contributed by atoms with Crippen LogP contribution in [0.15, 0.2) is 0 Å². The van der Waals surface area contributed by atoms with E-state index in [0.29, 0.717) is 12.8 Å². The quantitative estimate of drug-likeness (QED) is 0.756. The van der Waals surface area contributed by atoms with E-state index in [1.54, 1.807) is 27.7 Å². The van der Waals surface area contributed by atoms with E-state index in [0.717, 1.165) is 4.90 Å². The highest BCUT2D eigenvalue weighted by atomic mass is 16.6. The Morgan fingerprint density at radius 3 is 2.44 bits per heavy atom. The molecule has 6 heteroatoms. The van der Waals surface area contributed by atoms with E-state index in [9.17, 15) is 14.7 Å². The third kappa shape index (κ3) is 3.60. The number of aliphatic hydroxyl groups is 1. The second kappa shape index (κ2) is 5.56. The monoisotopic (exact) mass is 259 g/mol. The molecule has 1 aliphatic heterocycles. The first-order valence-corrected chi connectivity index (χ1v) is 6.12. The van der Waals surface area contributed by atoms with E-state index in [1.807, 2.05) is 0 Å². The summed E-state index contributed by atoms with van der Waals surface area (Å²) in [6.45, 7) is 7.13. The van der Waals surface area contributed by atoms with E-state index < -0.39 is 29.9 Å². The minimum Gasteiger partial charge on any atom is -0.464 e. The maximum Gasteiger partial charge on any atom is 0.413 e. The molecule has 0 aromatic carbocycles. The van der Waals surface area contributed by atoms with Crippen LogP contribution < -0.4 is 0 Å². The van der Waals surface area contributed by atoms with Gasteiger partial charge in [-0.25, -0.2) is 9.59 Å². The number of rotatable bonds is 2. The van der Waals surface area contributed by atoms with Crippen LogP contribution in [0.3, 0.4) is 0 Å². The first-order chi connectivity index (χ1) is 8.26. The number of esters is 1. The molecule has 0 saturated carbocycles. The summed E-state index contributed by atoms with van der Waals surface area (Å²) in [4.78, 5) is 24.7. The van der Waals surface area contributed by atoms with Gasteiger partial charge >= 0.3 is 12.1 Å². The summed E-state index contributed by atoms with van der Waals surface area (Å²) in [6, 6.07) is -0.755. The van der Waals surface area contributed by atoms with Crippen LogP contribution >= 0.6 is 0 Å². The van der Waals surface area contributed by atoms with Gasteiger partial charge in [-0.15, -0.1) is 0 Å². The van der Waals surface area contributed by atoms with Crippen molar-refractivity contribution in [1.82, 2.24) is 4.90 Å². The molecule has 104 valence electrons. The van der Waals surface area contributed by atoms with Gasteiger partial charge in [-0.1, -0.05) is 0 Å². The van der Waals surface area contributed by atoms with E-state index in [-0.39, 0.29) is 6.61 Å². The Kier molecular flexibility index (Phi) is 4.56. The predicted molar refractivity (Wildman–Crippen MR) is 63.7 cm³/mol. The van der Waals surface area contributed by atoms with Crippen molar-refractivity contribution in [2.75, 3.05) is 6.61 Å². The summed E-state index contributed by atoms with van der Waals surface area (Å²) in [6.07, 6.45) is -0.943. The number of aliphatic hydroxyl groups excluding tert-OH is 1. The number of likely N-dealkylation sites (tertiary alicyclic amines) is 1. The zero-order valence-electron chi connectivity index (χ0n) is 11.3. The van der Waals surface area contributed by atoms with Crippen LogP contribution in [0.25, 0.3) is 0 Å². The van der Waals surface area contributed by atoms with Gasteiger partial charge in [-0.3, -0.25) is 4.90 Å². The van der Waals surface area contributed by atoms with Crippen molar-refractivity contribution in [3.8, 4) is 0 Å². The predicted octanol–water partition coefficient (Wildman–Crippen LogP) is 1.27.